The van der Waals surface area contributed by atoms with E-state index in [9.17, 15) is 13.2 Å². The Bertz CT molecular complexity index is 243. The Balaban J connectivity index is 4.12. The second-order valence-corrected chi connectivity index (χ2v) is 6.03. The highest BCUT2D eigenvalue weighted by Gasteiger charge is 2.22. The van der Waals surface area contributed by atoms with Crippen LogP contribution in [0.2, 0.25) is 0 Å². The zero-order valence-corrected chi connectivity index (χ0v) is 9.17. The molecule has 1 unspecified atom stereocenters. The summed E-state index contributed by atoms with van der Waals surface area (Å²) in [5.41, 5.74) is 0. The molecule has 5 heteroatoms. The molecule has 0 N–H and O–H groups in total. The van der Waals surface area contributed by atoms with Crippen molar-refractivity contribution in [3.8, 4) is 0 Å². The number of Topliss-reactive ketones (excluding diaryl/α,β-unsaturated/α-hetero) is 1. The Labute approximate surface area is 77.8 Å². The van der Waals surface area contributed by atoms with Crippen molar-refractivity contribution in [3.63, 3.8) is 0 Å². The monoisotopic (exact) mass is 210 g/mol. The SMILES string of the molecule is CSCCC(=O)C(C)S(C)(=O)=O. The van der Waals surface area contributed by atoms with Crippen molar-refractivity contribution in [1.29, 1.82) is 0 Å². The van der Waals surface area contributed by atoms with Crippen LogP contribution in [0.4, 0.5) is 0 Å². The maximum Gasteiger partial charge on any atom is 0.157 e. The summed E-state index contributed by atoms with van der Waals surface area (Å²) >= 11 is 1.54. The van der Waals surface area contributed by atoms with Crippen molar-refractivity contribution in [2.24, 2.45) is 0 Å². The molecule has 1 atom stereocenters. The highest BCUT2D eigenvalue weighted by atomic mass is 32.2. The lowest BCUT2D eigenvalue weighted by Crippen LogP contribution is -2.26. The average molecular weight is 210 g/mol. The number of thioether (sulfide) groups is 1. The summed E-state index contributed by atoms with van der Waals surface area (Å²) < 4.78 is 21.8. The van der Waals surface area contributed by atoms with Crippen LogP contribution in [0, 0.1) is 0 Å². The van der Waals surface area contributed by atoms with Gasteiger partial charge < -0.3 is 0 Å². The molecule has 0 amide bonds. The molecule has 0 aliphatic carbocycles. The van der Waals surface area contributed by atoms with Crippen molar-refractivity contribution in [2.45, 2.75) is 18.6 Å². The van der Waals surface area contributed by atoms with Crippen molar-refractivity contribution in [2.75, 3.05) is 18.3 Å². The summed E-state index contributed by atoms with van der Waals surface area (Å²) in [6, 6.07) is 0. The third-order valence-corrected chi connectivity index (χ3v) is 3.81. The van der Waals surface area contributed by atoms with Gasteiger partial charge in [-0.3, -0.25) is 4.79 Å². The molecule has 0 aromatic carbocycles. The second-order valence-electron chi connectivity index (χ2n) is 2.68. The lowest BCUT2D eigenvalue weighted by molar-refractivity contribution is -0.118. The number of rotatable bonds is 5. The molecular formula is C7H14O3S2. The molecule has 12 heavy (non-hydrogen) atoms. The summed E-state index contributed by atoms with van der Waals surface area (Å²) in [6.07, 6.45) is 3.32. The molecule has 0 aliphatic rings. The van der Waals surface area contributed by atoms with E-state index in [1.54, 1.807) is 11.8 Å². The van der Waals surface area contributed by atoms with Gasteiger partial charge in [-0.05, 0) is 18.9 Å². The highest BCUT2D eigenvalue weighted by Crippen LogP contribution is 2.05. The molecular weight excluding hydrogens is 196 g/mol. The van der Waals surface area contributed by atoms with E-state index in [0.29, 0.717) is 12.2 Å². The van der Waals surface area contributed by atoms with Crippen LogP contribution < -0.4 is 0 Å². The maximum atomic E-state index is 11.2. The number of carbonyl (C=O) groups is 1. The molecule has 72 valence electrons. The fourth-order valence-electron chi connectivity index (χ4n) is 0.645. The number of ketones is 1. The minimum atomic E-state index is -3.19. The molecule has 0 saturated carbocycles. The summed E-state index contributed by atoms with van der Waals surface area (Å²) in [7, 11) is -3.19. The average Bonchev–Trinajstić information content (AvgIpc) is 1.97. The third kappa shape index (κ3) is 4.11. The molecule has 0 aliphatic heterocycles. The summed E-state index contributed by atoms with van der Waals surface area (Å²) in [5, 5.41) is -0.843. The molecule has 0 bridgehead atoms. The predicted octanol–water partition coefficient (Wildman–Crippen LogP) is 0.742. The first-order valence-corrected chi connectivity index (χ1v) is 6.95. The smallest absolute Gasteiger partial charge is 0.157 e. The van der Waals surface area contributed by atoms with Gasteiger partial charge in [0.2, 0.25) is 0 Å². The Morgan fingerprint density at radius 3 is 2.33 bits per heavy atom. The van der Waals surface area contributed by atoms with Crippen LogP contribution in [0.5, 0.6) is 0 Å². The van der Waals surface area contributed by atoms with Gasteiger partial charge in [-0.2, -0.15) is 11.8 Å². The lowest BCUT2D eigenvalue weighted by atomic mass is 10.2. The Hall–Kier alpha value is -0.0300. The van der Waals surface area contributed by atoms with E-state index < -0.39 is 15.1 Å². The Kier molecular flexibility index (Phi) is 4.85. The minimum absolute atomic E-state index is 0.188. The van der Waals surface area contributed by atoms with E-state index in [0.717, 1.165) is 6.26 Å². The van der Waals surface area contributed by atoms with Crippen LogP contribution in [0.1, 0.15) is 13.3 Å². The number of hydrogen-bond donors (Lipinski definition) is 0. The maximum absolute atomic E-state index is 11.2. The van der Waals surface area contributed by atoms with Gasteiger partial charge in [-0.15, -0.1) is 0 Å². The van der Waals surface area contributed by atoms with E-state index in [2.05, 4.69) is 0 Å². The predicted molar refractivity (Wildman–Crippen MR) is 52.3 cm³/mol. The normalized spacial score (nSPS) is 14.2. The van der Waals surface area contributed by atoms with Gasteiger partial charge in [-0.25, -0.2) is 8.42 Å². The molecule has 0 aromatic heterocycles. The quantitative estimate of drug-likeness (QED) is 0.671. The van der Waals surface area contributed by atoms with Gasteiger partial charge in [0.15, 0.2) is 15.6 Å². The first-order chi connectivity index (χ1) is 5.39. The second kappa shape index (κ2) is 4.87. The van der Waals surface area contributed by atoms with Gasteiger partial charge in [0.05, 0.1) is 0 Å². The molecule has 0 aromatic rings. The van der Waals surface area contributed by atoms with Gasteiger partial charge in [0, 0.05) is 12.7 Å². The Morgan fingerprint density at radius 1 is 1.50 bits per heavy atom. The van der Waals surface area contributed by atoms with Crippen LogP contribution in [0.15, 0.2) is 0 Å². The minimum Gasteiger partial charge on any atom is -0.298 e. The van der Waals surface area contributed by atoms with E-state index in [1.165, 1.54) is 6.92 Å². The molecule has 0 radical (unpaired) electrons. The summed E-state index contributed by atoms with van der Waals surface area (Å²) in [5.74, 6) is 0.505. The zero-order chi connectivity index (χ0) is 9.78. The molecule has 0 heterocycles. The van der Waals surface area contributed by atoms with Gasteiger partial charge in [0.25, 0.3) is 0 Å². The Morgan fingerprint density at radius 2 is 2.00 bits per heavy atom. The van der Waals surface area contributed by atoms with Crippen LogP contribution >= 0.6 is 11.8 Å². The van der Waals surface area contributed by atoms with Gasteiger partial charge in [0.1, 0.15) is 5.25 Å². The van der Waals surface area contributed by atoms with Crippen LogP contribution in [-0.2, 0) is 14.6 Å². The molecule has 0 saturated heterocycles. The first-order valence-electron chi connectivity index (χ1n) is 3.60. The van der Waals surface area contributed by atoms with E-state index >= 15 is 0 Å². The van der Waals surface area contributed by atoms with Gasteiger partial charge in [-0.1, -0.05) is 0 Å². The van der Waals surface area contributed by atoms with Gasteiger partial charge >= 0.3 is 0 Å². The van der Waals surface area contributed by atoms with E-state index in [-0.39, 0.29) is 5.78 Å². The first kappa shape index (κ1) is 12.0. The topological polar surface area (TPSA) is 51.2 Å². The van der Waals surface area contributed by atoms with Crippen LogP contribution in [0.25, 0.3) is 0 Å². The zero-order valence-electron chi connectivity index (χ0n) is 7.53. The standard InChI is InChI=1S/C7H14O3S2/c1-6(12(3,9)10)7(8)4-5-11-2/h6H,4-5H2,1-3H3. The number of carbonyl (C=O) groups excluding carboxylic acids is 1. The third-order valence-electron chi connectivity index (χ3n) is 1.65. The molecule has 0 fully saturated rings. The molecule has 3 nitrogen and oxygen atoms in total. The summed E-state index contributed by atoms with van der Waals surface area (Å²) in [4.78, 5) is 11.2. The van der Waals surface area contributed by atoms with Crippen molar-refractivity contribution in [3.05, 3.63) is 0 Å². The fourth-order valence-corrected chi connectivity index (χ4v) is 1.65. The van der Waals surface area contributed by atoms with E-state index in [1.807, 2.05) is 6.26 Å². The lowest BCUT2D eigenvalue weighted by Gasteiger charge is -2.06. The molecule has 0 spiro atoms. The summed E-state index contributed by atoms with van der Waals surface area (Å²) in [6.45, 7) is 1.44. The number of sulfone groups is 1. The van der Waals surface area contributed by atoms with Crippen LogP contribution in [0.3, 0.4) is 0 Å². The van der Waals surface area contributed by atoms with E-state index in [4.69, 9.17) is 0 Å². The van der Waals surface area contributed by atoms with Crippen molar-refractivity contribution < 1.29 is 13.2 Å². The highest BCUT2D eigenvalue weighted by molar-refractivity contribution is 7.98. The fraction of sp³-hybridized carbons (Fsp3) is 0.857. The van der Waals surface area contributed by atoms with Crippen LogP contribution in [-0.4, -0.2) is 37.7 Å². The molecule has 0 rings (SSSR count). The largest absolute Gasteiger partial charge is 0.298 e. The van der Waals surface area contributed by atoms with Crippen molar-refractivity contribution >= 4 is 27.4 Å². The number of hydrogen-bond acceptors (Lipinski definition) is 4. The van der Waals surface area contributed by atoms with Crippen molar-refractivity contribution in [1.82, 2.24) is 0 Å².